The summed E-state index contributed by atoms with van der Waals surface area (Å²) >= 11 is 1.75. The SMILES string of the molecule is CCC/C=[CH]/[Sb]. The van der Waals surface area contributed by atoms with Gasteiger partial charge in [0.1, 0.15) is 0 Å². The third-order valence-electron chi connectivity index (χ3n) is 0.561. The van der Waals surface area contributed by atoms with Crippen molar-refractivity contribution in [3.8, 4) is 0 Å². The van der Waals surface area contributed by atoms with Crippen LogP contribution in [0.3, 0.4) is 0 Å². The molecule has 0 nitrogen and oxygen atoms in total. The molecule has 0 aliphatic carbocycles. The second kappa shape index (κ2) is 5.56. The van der Waals surface area contributed by atoms with Gasteiger partial charge in [0.25, 0.3) is 0 Å². The Bertz CT molecular complexity index is 39.2. The molecule has 0 amide bonds. The fraction of sp³-hybridized carbons (Fsp3) is 0.600. The van der Waals surface area contributed by atoms with Crippen molar-refractivity contribution in [2.45, 2.75) is 19.8 Å². The molecule has 0 saturated carbocycles. The molecule has 0 unspecified atom stereocenters. The van der Waals surface area contributed by atoms with Crippen LogP contribution in [0.4, 0.5) is 0 Å². The van der Waals surface area contributed by atoms with Crippen molar-refractivity contribution in [3.05, 3.63) is 10.1 Å². The summed E-state index contributed by atoms with van der Waals surface area (Å²) in [4.78, 5) is 0. The summed E-state index contributed by atoms with van der Waals surface area (Å²) in [6.07, 6.45) is 4.72. The van der Waals surface area contributed by atoms with E-state index in [1.54, 1.807) is 23.0 Å². The number of allylic oxidation sites excluding steroid dienone is 1. The first-order valence-corrected chi connectivity index (χ1v) is 3.68. The second-order valence-electron chi connectivity index (χ2n) is 1.17. The average molecular weight is 191 g/mol. The summed E-state index contributed by atoms with van der Waals surface area (Å²) in [6, 6.07) is 0. The standard InChI is InChI=1S/C5H9.Sb/c1-3-5-4-2;/h1,3H,4-5H2,2H3;. The molecule has 0 rings (SSSR count). The average Bonchev–Trinajstić information content (AvgIpc) is 1.61. The normalized spacial score (nSPS) is 10.3. The molecule has 0 atom stereocenters. The predicted molar refractivity (Wildman–Crippen MR) is 29.8 cm³/mol. The van der Waals surface area contributed by atoms with Crippen molar-refractivity contribution < 1.29 is 0 Å². The van der Waals surface area contributed by atoms with Crippen LogP contribution in [-0.2, 0) is 0 Å². The zero-order chi connectivity index (χ0) is 4.83. The molecule has 0 spiro atoms. The molecule has 0 aromatic rings. The second-order valence-corrected chi connectivity index (χ2v) is 2.02. The van der Waals surface area contributed by atoms with Crippen LogP contribution in [0.25, 0.3) is 0 Å². The van der Waals surface area contributed by atoms with Crippen molar-refractivity contribution in [2.24, 2.45) is 0 Å². The van der Waals surface area contributed by atoms with E-state index in [9.17, 15) is 0 Å². The van der Waals surface area contributed by atoms with Crippen molar-refractivity contribution in [2.75, 3.05) is 0 Å². The first kappa shape index (κ1) is 6.56. The third-order valence-corrected chi connectivity index (χ3v) is 1.16. The van der Waals surface area contributed by atoms with E-state index in [1.807, 2.05) is 0 Å². The van der Waals surface area contributed by atoms with Crippen LogP contribution >= 0.6 is 0 Å². The number of hydrogen-bond donors (Lipinski definition) is 0. The molecular formula is C5H9Sb. The molecule has 0 heterocycles. The van der Waals surface area contributed by atoms with Crippen molar-refractivity contribution in [3.63, 3.8) is 0 Å². The maximum atomic E-state index is 2.20. The van der Waals surface area contributed by atoms with E-state index in [4.69, 9.17) is 0 Å². The first-order valence-electron chi connectivity index (χ1n) is 2.21. The summed E-state index contributed by atoms with van der Waals surface area (Å²) in [5, 5.41) is 0. The minimum atomic E-state index is 1.25. The van der Waals surface area contributed by atoms with Crippen LogP contribution in [0.15, 0.2) is 10.1 Å². The Balaban J connectivity index is 2.66. The summed E-state index contributed by atoms with van der Waals surface area (Å²) in [7, 11) is 0. The minimum absolute atomic E-state index is 1.25. The van der Waals surface area contributed by atoms with E-state index in [0.29, 0.717) is 0 Å². The number of hydrogen-bond acceptors (Lipinski definition) is 0. The van der Waals surface area contributed by atoms with Gasteiger partial charge in [-0.1, -0.05) is 0 Å². The van der Waals surface area contributed by atoms with Gasteiger partial charge in [0.15, 0.2) is 0 Å². The first-order chi connectivity index (χ1) is 2.91. The molecule has 0 bridgehead atoms. The van der Waals surface area contributed by atoms with E-state index >= 15 is 0 Å². The molecule has 2 radical (unpaired) electrons. The van der Waals surface area contributed by atoms with E-state index in [1.165, 1.54) is 12.8 Å². The van der Waals surface area contributed by atoms with Gasteiger partial charge in [0, 0.05) is 0 Å². The van der Waals surface area contributed by atoms with Crippen molar-refractivity contribution in [1.29, 1.82) is 0 Å². The molecule has 0 aromatic carbocycles. The maximum absolute atomic E-state index is 2.20. The van der Waals surface area contributed by atoms with E-state index in [0.717, 1.165) is 0 Å². The van der Waals surface area contributed by atoms with Crippen LogP contribution in [0, 0.1) is 0 Å². The quantitative estimate of drug-likeness (QED) is 0.579. The van der Waals surface area contributed by atoms with Gasteiger partial charge >= 0.3 is 52.9 Å². The molecule has 6 heavy (non-hydrogen) atoms. The van der Waals surface area contributed by atoms with E-state index in [-0.39, 0.29) is 0 Å². The monoisotopic (exact) mass is 190 g/mol. The van der Waals surface area contributed by atoms with E-state index in [2.05, 4.69) is 17.0 Å². The van der Waals surface area contributed by atoms with Crippen molar-refractivity contribution >= 4 is 23.0 Å². The van der Waals surface area contributed by atoms with Crippen LogP contribution in [0.5, 0.6) is 0 Å². The zero-order valence-corrected chi connectivity index (χ0v) is 6.57. The molecule has 0 N–H and O–H groups in total. The Morgan fingerprint density at radius 3 is 2.50 bits per heavy atom. The molecule has 0 saturated heterocycles. The van der Waals surface area contributed by atoms with Gasteiger partial charge < -0.3 is 0 Å². The number of rotatable bonds is 2. The van der Waals surface area contributed by atoms with Gasteiger partial charge in [-0.25, -0.2) is 0 Å². The van der Waals surface area contributed by atoms with Gasteiger partial charge in [0.05, 0.1) is 0 Å². The molecular weight excluding hydrogens is 182 g/mol. The van der Waals surface area contributed by atoms with Gasteiger partial charge in [0.2, 0.25) is 0 Å². The van der Waals surface area contributed by atoms with E-state index < -0.39 is 0 Å². The Labute approximate surface area is 53.1 Å². The van der Waals surface area contributed by atoms with Crippen LogP contribution < -0.4 is 0 Å². The Kier molecular flexibility index (Phi) is 6.08. The number of unbranched alkanes of at least 4 members (excludes halogenated alkanes) is 1. The topological polar surface area (TPSA) is 0 Å². The van der Waals surface area contributed by atoms with Gasteiger partial charge in [-0.3, -0.25) is 0 Å². The summed E-state index contributed by atoms with van der Waals surface area (Å²) in [5.41, 5.74) is 0. The molecule has 1 heteroatoms. The Hall–Kier alpha value is 0.558. The van der Waals surface area contributed by atoms with Crippen molar-refractivity contribution in [1.82, 2.24) is 0 Å². The molecule has 0 fully saturated rings. The molecule has 0 aliphatic heterocycles. The summed E-state index contributed by atoms with van der Waals surface area (Å²) < 4.78 is 2.14. The fourth-order valence-corrected chi connectivity index (χ4v) is 0.667. The Morgan fingerprint density at radius 2 is 2.33 bits per heavy atom. The predicted octanol–water partition coefficient (Wildman–Crippen LogP) is 1.47. The van der Waals surface area contributed by atoms with Gasteiger partial charge in [-0.05, 0) is 0 Å². The Morgan fingerprint density at radius 1 is 1.67 bits per heavy atom. The van der Waals surface area contributed by atoms with Gasteiger partial charge in [-0.2, -0.15) is 0 Å². The third kappa shape index (κ3) is 4.56. The molecule has 0 aliphatic rings. The fourth-order valence-electron chi connectivity index (χ4n) is 0.241. The molecule has 0 aromatic heterocycles. The summed E-state index contributed by atoms with van der Waals surface area (Å²) in [5.74, 6) is 0. The molecule has 34 valence electrons. The summed E-state index contributed by atoms with van der Waals surface area (Å²) in [6.45, 7) is 2.19. The van der Waals surface area contributed by atoms with Crippen LogP contribution in [0.2, 0.25) is 0 Å². The van der Waals surface area contributed by atoms with Crippen LogP contribution in [0.1, 0.15) is 19.8 Å². The van der Waals surface area contributed by atoms with Gasteiger partial charge in [-0.15, -0.1) is 0 Å². The van der Waals surface area contributed by atoms with Crippen LogP contribution in [-0.4, -0.2) is 23.0 Å². The zero-order valence-electron chi connectivity index (χ0n) is 4.02.